The van der Waals surface area contributed by atoms with Crippen LogP contribution in [0.25, 0.3) is 0 Å². The minimum Gasteiger partial charge on any atom is -0.481 e. The number of nitrogens with one attached hydrogen (secondary N) is 2. The van der Waals surface area contributed by atoms with Crippen LogP contribution in [0.1, 0.15) is 34.3 Å². The maximum Gasteiger partial charge on any atom is 0.308 e. The van der Waals surface area contributed by atoms with Crippen LogP contribution < -0.4 is 10.6 Å². The second-order valence-corrected chi connectivity index (χ2v) is 7.28. The van der Waals surface area contributed by atoms with Crippen LogP contribution in [0.15, 0.2) is 48.5 Å². The van der Waals surface area contributed by atoms with E-state index in [1.165, 1.54) is 0 Å². The zero-order valence-electron chi connectivity index (χ0n) is 15.8. The molecule has 3 N–H and O–H groups in total. The molecule has 6 heteroatoms. The molecule has 0 saturated heterocycles. The van der Waals surface area contributed by atoms with Crippen molar-refractivity contribution in [3.05, 3.63) is 65.2 Å². The molecule has 2 aromatic carbocycles. The van der Waals surface area contributed by atoms with Crippen LogP contribution in [0.3, 0.4) is 0 Å². The van der Waals surface area contributed by atoms with E-state index in [1.54, 1.807) is 24.3 Å². The number of amides is 2. The molecule has 1 saturated carbocycles. The molecule has 1 atom stereocenters. The van der Waals surface area contributed by atoms with Gasteiger partial charge in [0.25, 0.3) is 5.91 Å². The lowest BCUT2D eigenvalue weighted by molar-refractivity contribution is -0.141. The third kappa shape index (κ3) is 5.42. The first-order chi connectivity index (χ1) is 13.4. The molecule has 0 bridgehead atoms. The highest BCUT2D eigenvalue weighted by Gasteiger charge is 2.29. The number of carboxylic acids is 1. The minimum absolute atomic E-state index is 0.0117. The lowest BCUT2D eigenvalue weighted by Crippen LogP contribution is -2.34. The molecule has 0 aliphatic heterocycles. The Bertz CT molecular complexity index is 872. The molecule has 2 amide bonds. The molecule has 1 aliphatic carbocycles. The van der Waals surface area contributed by atoms with Gasteiger partial charge in [0.15, 0.2) is 0 Å². The molecule has 28 heavy (non-hydrogen) atoms. The number of anilines is 1. The fraction of sp³-hybridized carbons (Fsp3) is 0.318. The van der Waals surface area contributed by atoms with Crippen LogP contribution in [-0.2, 0) is 16.0 Å². The largest absolute Gasteiger partial charge is 0.481 e. The highest BCUT2D eigenvalue weighted by atomic mass is 16.4. The van der Waals surface area contributed by atoms with E-state index in [1.807, 2.05) is 31.2 Å². The van der Waals surface area contributed by atoms with Crippen molar-refractivity contribution in [1.29, 1.82) is 0 Å². The highest BCUT2D eigenvalue weighted by molar-refractivity contribution is 5.96. The Morgan fingerprint density at radius 2 is 1.82 bits per heavy atom. The van der Waals surface area contributed by atoms with Gasteiger partial charge in [-0.3, -0.25) is 14.4 Å². The van der Waals surface area contributed by atoms with Gasteiger partial charge in [-0.1, -0.05) is 29.8 Å². The summed E-state index contributed by atoms with van der Waals surface area (Å²) in [7, 11) is 0. The number of rotatable bonds is 8. The van der Waals surface area contributed by atoms with Crippen molar-refractivity contribution in [2.24, 2.45) is 11.8 Å². The smallest absolute Gasteiger partial charge is 0.308 e. The Hall–Kier alpha value is -3.15. The van der Waals surface area contributed by atoms with Gasteiger partial charge in [-0.15, -0.1) is 0 Å². The zero-order valence-corrected chi connectivity index (χ0v) is 15.8. The summed E-state index contributed by atoms with van der Waals surface area (Å²) >= 11 is 0. The van der Waals surface area contributed by atoms with Gasteiger partial charge >= 0.3 is 5.97 Å². The van der Waals surface area contributed by atoms with E-state index >= 15 is 0 Å². The summed E-state index contributed by atoms with van der Waals surface area (Å²) in [5.74, 6) is -1.86. The summed E-state index contributed by atoms with van der Waals surface area (Å²) in [4.78, 5) is 35.7. The normalized spacial score (nSPS) is 14.2. The third-order valence-electron chi connectivity index (χ3n) is 4.79. The predicted octanol–water partition coefficient (Wildman–Crippen LogP) is 3.02. The molecule has 3 rings (SSSR count). The summed E-state index contributed by atoms with van der Waals surface area (Å²) in [5.41, 5.74) is 3.07. The van der Waals surface area contributed by atoms with Crippen molar-refractivity contribution in [2.45, 2.75) is 26.2 Å². The summed E-state index contributed by atoms with van der Waals surface area (Å²) in [6.45, 7) is 2.00. The molecule has 1 unspecified atom stereocenters. The van der Waals surface area contributed by atoms with Gasteiger partial charge in [-0.25, -0.2) is 0 Å². The number of aliphatic carboxylic acids is 1. The second kappa shape index (κ2) is 8.69. The van der Waals surface area contributed by atoms with Gasteiger partial charge in [0.1, 0.15) is 0 Å². The van der Waals surface area contributed by atoms with E-state index in [-0.39, 0.29) is 24.3 Å². The quantitative estimate of drug-likeness (QED) is 0.656. The Morgan fingerprint density at radius 3 is 2.43 bits per heavy atom. The fourth-order valence-corrected chi connectivity index (χ4v) is 2.98. The summed E-state index contributed by atoms with van der Waals surface area (Å²) in [5, 5.41) is 15.0. The van der Waals surface area contributed by atoms with Crippen LogP contribution in [0.2, 0.25) is 0 Å². The first-order valence-corrected chi connectivity index (χ1v) is 9.40. The van der Waals surface area contributed by atoms with Crippen LogP contribution in [0.5, 0.6) is 0 Å². The number of aryl methyl sites for hydroxylation is 1. The van der Waals surface area contributed by atoms with Gasteiger partial charge in [-0.2, -0.15) is 0 Å². The van der Waals surface area contributed by atoms with Crippen molar-refractivity contribution in [3.8, 4) is 0 Å². The number of carboxylic acid groups (broad SMARTS) is 1. The minimum atomic E-state index is -0.944. The van der Waals surface area contributed by atoms with Crippen LogP contribution in [0.4, 0.5) is 5.69 Å². The monoisotopic (exact) mass is 380 g/mol. The number of carbonyl (C=O) groups excluding carboxylic acids is 2. The number of carbonyl (C=O) groups is 3. The van der Waals surface area contributed by atoms with Gasteiger partial charge in [-0.05, 0) is 56.0 Å². The van der Waals surface area contributed by atoms with Gasteiger partial charge in [0.2, 0.25) is 5.91 Å². The maximum atomic E-state index is 12.3. The number of hydrogen-bond donors (Lipinski definition) is 3. The predicted molar refractivity (Wildman–Crippen MR) is 106 cm³/mol. The molecule has 0 heterocycles. The molecule has 1 aliphatic rings. The Morgan fingerprint density at radius 1 is 1.11 bits per heavy atom. The zero-order chi connectivity index (χ0) is 20.1. The first kappa shape index (κ1) is 19.6. The molecule has 0 radical (unpaired) electrons. The van der Waals surface area contributed by atoms with Crippen LogP contribution in [0, 0.1) is 18.8 Å². The van der Waals surface area contributed by atoms with E-state index in [0.717, 1.165) is 24.0 Å². The molecular formula is C22H24N2O4. The van der Waals surface area contributed by atoms with Crippen molar-refractivity contribution in [1.82, 2.24) is 5.32 Å². The van der Waals surface area contributed by atoms with E-state index in [0.29, 0.717) is 17.7 Å². The fourth-order valence-electron chi connectivity index (χ4n) is 2.98. The van der Waals surface area contributed by atoms with E-state index < -0.39 is 11.9 Å². The molecule has 1 fully saturated rings. The summed E-state index contributed by atoms with van der Waals surface area (Å²) < 4.78 is 0. The van der Waals surface area contributed by atoms with E-state index in [9.17, 15) is 19.5 Å². The van der Waals surface area contributed by atoms with Crippen LogP contribution >= 0.6 is 0 Å². The second-order valence-electron chi connectivity index (χ2n) is 7.28. The molecule has 0 aromatic heterocycles. The van der Waals surface area contributed by atoms with Gasteiger partial charge in [0.05, 0.1) is 5.92 Å². The molecule has 0 spiro atoms. The van der Waals surface area contributed by atoms with E-state index in [4.69, 9.17) is 0 Å². The lowest BCUT2D eigenvalue weighted by Gasteiger charge is -2.14. The van der Waals surface area contributed by atoms with Gasteiger partial charge < -0.3 is 15.7 Å². The van der Waals surface area contributed by atoms with Crippen molar-refractivity contribution < 1.29 is 19.5 Å². The Balaban J connectivity index is 1.55. The highest BCUT2D eigenvalue weighted by Crippen LogP contribution is 2.30. The molecular weight excluding hydrogens is 356 g/mol. The molecule has 6 nitrogen and oxygen atoms in total. The number of hydrogen-bond acceptors (Lipinski definition) is 3. The number of benzene rings is 2. The maximum absolute atomic E-state index is 12.3. The Labute approximate surface area is 164 Å². The third-order valence-corrected chi connectivity index (χ3v) is 4.79. The van der Waals surface area contributed by atoms with Crippen molar-refractivity contribution in [3.63, 3.8) is 0 Å². The van der Waals surface area contributed by atoms with Crippen molar-refractivity contribution in [2.75, 3.05) is 11.9 Å². The Kier molecular flexibility index (Phi) is 6.09. The van der Waals surface area contributed by atoms with E-state index in [2.05, 4.69) is 10.6 Å². The standard InChI is InChI=1S/C22H24N2O4/c1-14-3-2-4-15(11-14)12-18(22(27)28)13-23-20(25)16-7-9-19(10-8-16)24-21(26)17-5-6-17/h2-4,7-11,17-18H,5-6,12-13H2,1H3,(H,23,25)(H,24,26)(H,27,28). The summed E-state index contributed by atoms with van der Waals surface area (Å²) in [6.07, 6.45) is 2.21. The molecule has 2 aromatic rings. The molecule has 146 valence electrons. The van der Waals surface area contributed by atoms with Crippen LogP contribution in [-0.4, -0.2) is 29.4 Å². The summed E-state index contributed by atoms with van der Waals surface area (Å²) in [6, 6.07) is 14.3. The topological polar surface area (TPSA) is 95.5 Å². The lowest BCUT2D eigenvalue weighted by atomic mass is 9.98. The van der Waals surface area contributed by atoms with Crippen molar-refractivity contribution >= 4 is 23.5 Å². The average Bonchev–Trinajstić information content (AvgIpc) is 3.50. The SMILES string of the molecule is Cc1cccc(CC(CNC(=O)c2ccc(NC(=O)C3CC3)cc2)C(=O)O)c1. The average molecular weight is 380 g/mol. The first-order valence-electron chi connectivity index (χ1n) is 9.40. The van der Waals surface area contributed by atoms with Gasteiger partial charge in [0, 0.05) is 23.7 Å².